The molecule has 3 aromatic rings. The molecule has 0 N–H and O–H groups in total. The zero-order valence-corrected chi connectivity index (χ0v) is 14.1. The summed E-state index contributed by atoms with van der Waals surface area (Å²) in [4.78, 5) is 13.4. The van der Waals surface area contributed by atoms with Crippen LogP contribution in [0.2, 0.25) is 0 Å². The van der Waals surface area contributed by atoms with Crippen molar-refractivity contribution in [2.75, 3.05) is 20.3 Å². The molecule has 4 rings (SSSR count). The summed E-state index contributed by atoms with van der Waals surface area (Å²) < 4.78 is 12.8. The fourth-order valence-corrected chi connectivity index (χ4v) is 3.11. The lowest BCUT2D eigenvalue weighted by atomic mass is 10.1. The first-order valence-corrected chi connectivity index (χ1v) is 8.42. The van der Waals surface area contributed by atoms with Gasteiger partial charge in [-0.1, -0.05) is 18.2 Å². The van der Waals surface area contributed by atoms with E-state index in [9.17, 15) is 0 Å². The zero-order chi connectivity index (χ0) is 17.1. The third-order valence-electron chi connectivity index (χ3n) is 4.52. The molecule has 3 heterocycles. The van der Waals surface area contributed by atoms with E-state index in [-0.39, 0.29) is 0 Å². The Labute approximate surface area is 146 Å². The monoisotopic (exact) mass is 336 g/mol. The summed E-state index contributed by atoms with van der Waals surface area (Å²) in [5.41, 5.74) is 3.62. The normalized spacial score (nSPS) is 15.9. The first-order chi connectivity index (χ1) is 12.3. The van der Waals surface area contributed by atoms with E-state index in [0.717, 1.165) is 54.2 Å². The summed E-state index contributed by atoms with van der Waals surface area (Å²) in [6.07, 6.45) is 9.47. The average molecular weight is 336 g/mol. The maximum absolute atomic E-state index is 5.45. The highest BCUT2D eigenvalue weighted by Gasteiger charge is 2.19. The van der Waals surface area contributed by atoms with Crippen molar-refractivity contribution in [3.05, 3.63) is 48.2 Å². The van der Waals surface area contributed by atoms with Crippen molar-refractivity contribution in [2.45, 2.75) is 18.9 Å². The van der Waals surface area contributed by atoms with Gasteiger partial charge in [0.15, 0.2) is 5.65 Å². The summed E-state index contributed by atoms with van der Waals surface area (Å²) >= 11 is 0. The van der Waals surface area contributed by atoms with Crippen LogP contribution in [0.3, 0.4) is 0 Å². The molecule has 1 saturated heterocycles. The van der Waals surface area contributed by atoms with E-state index in [0.29, 0.717) is 6.04 Å². The van der Waals surface area contributed by atoms with E-state index in [1.54, 1.807) is 13.4 Å². The second-order valence-corrected chi connectivity index (χ2v) is 6.03. The summed E-state index contributed by atoms with van der Waals surface area (Å²) in [5.74, 6) is 0.844. The molecule has 0 saturated carbocycles. The number of hydrogen-bond donors (Lipinski definition) is 0. The molecule has 1 aliphatic heterocycles. The van der Waals surface area contributed by atoms with Gasteiger partial charge in [-0.25, -0.2) is 15.0 Å². The highest BCUT2D eigenvalue weighted by Crippen LogP contribution is 2.25. The number of rotatable bonds is 4. The van der Waals surface area contributed by atoms with Gasteiger partial charge in [-0.3, -0.25) is 0 Å². The van der Waals surface area contributed by atoms with E-state index >= 15 is 0 Å². The van der Waals surface area contributed by atoms with E-state index in [1.165, 1.54) is 0 Å². The lowest BCUT2D eigenvalue weighted by Crippen LogP contribution is -2.19. The molecular weight excluding hydrogens is 316 g/mol. The molecule has 2 aromatic heterocycles. The van der Waals surface area contributed by atoms with Gasteiger partial charge in [0, 0.05) is 19.3 Å². The second-order valence-electron chi connectivity index (χ2n) is 6.03. The Morgan fingerprint density at radius 1 is 1.08 bits per heavy atom. The van der Waals surface area contributed by atoms with E-state index in [1.807, 2.05) is 42.7 Å². The van der Waals surface area contributed by atoms with Crippen molar-refractivity contribution in [1.29, 1.82) is 0 Å². The number of imidazole rings is 1. The summed E-state index contributed by atoms with van der Waals surface area (Å²) in [5, 5.41) is 0. The van der Waals surface area contributed by atoms with Gasteiger partial charge in [0.05, 0.1) is 19.1 Å². The molecule has 0 bridgehead atoms. The number of methoxy groups -OCH3 is 1. The Bertz CT molecular complexity index is 880. The van der Waals surface area contributed by atoms with Gasteiger partial charge < -0.3 is 14.0 Å². The van der Waals surface area contributed by atoms with Crippen molar-refractivity contribution in [3.8, 4) is 5.75 Å². The second kappa shape index (κ2) is 7.03. The summed E-state index contributed by atoms with van der Waals surface area (Å²) in [6, 6.07) is 8.29. The predicted octanol–water partition coefficient (Wildman–Crippen LogP) is 3.36. The Kier molecular flexibility index (Phi) is 4.43. The topological polar surface area (TPSA) is 62.1 Å². The van der Waals surface area contributed by atoms with Gasteiger partial charge in [0.1, 0.15) is 17.6 Å². The number of aromatic nitrogens is 4. The van der Waals surface area contributed by atoms with Gasteiger partial charge >= 0.3 is 0 Å². The largest absolute Gasteiger partial charge is 0.497 e. The third kappa shape index (κ3) is 3.25. The van der Waals surface area contributed by atoms with Crippen LogP contribution in [0.25, 0.3) is 23.3 Å². The average Bonchev–Trinajstić information content (AvgIpc) is 3.12. The molecule has 0 radical (unpaired) electrons. The molecule has 0 amide bonds. The number of fused-ring (bicyclic) bond motifs is 1. The molecule has 128 valence electrons. The van der Waals surface area contributed by atoms with E-state index in [4.69, 9.17) is 9.47 Å². The van der Waals surface area contributed by atoms with Crippen LogP contribution in [-0.4, -0.2) is 39.8 Å². The predicted molar refractivity (Wildman–Crippen MR) is 96.3 cm³/mol. The number of ether oxygens (including phenoxy) is 2. The number of hydrogen-bond acceptors (Lipinski definition) is 5. The molecule has 1 fully saturated rings. The minimum atomic E-state index is 0.395. The molecule has 6 heteroatoms. The van der Waals surface area contributed by atoms with Crippen LogP contribution in [0.15, 0.2) is 36.9 Å². The Morgan fingerprint density at radius 3 is 2.64 bits per heavy atom. The van der Waals surface area contributed by atoms with Crippen molar-refractivity contribution >= 4 is 23.3 Å². The smallest absolute Gasteiger partial charge is 0.164 e. The van der Waals surface area contributed by atoms with Crippen LogP contribution >= 0.6 is 0 Å². The van der Waals surface area contributed by atoms with Gasteiger partial charge in [0.25, 0.3) is 0 Å². The molecular formula is C19H20N4O2. The Morgan fingerprint density at radius 2 is 1.88 bits per heavy atom. The Balaban J connectivity index is 1.63. The van der Waals surface area contributed by atoms with E-state index < -0.39 is 0 Å². The fourth-order valence-electron chi connectivity index (χ4n) is 3.11. The van der Waals surface area contributed by atoms with Crippen LogP contribution in [0.5, 0.6) is 5.75 Å². The molecule has 25 heavy (non-hydrogen) atoms. The van der Waals surface area contributed by atoms with Crippen molar-refractivity contribution in [3.63, 3.8) is 0 Å². The van der Waals surface area contributed by atoms with Crippen LogP contribution in [-0.2, 0) is 4.74 Å². The Hall–Kier alpha value is -2.73. The third-order valence-corrected chi connectivity index (χ3v) is 4.52. The quantitative estimate of drug-likeness (QED) is 0.731. The van der Waals surface area contributed by atoms with Gasteiger partial charge in [-0.2, -0.15) is 0 Å². The van der Waals surface area contributed by atoms with Crippen molar-refractivity contribution in [2.24, 2.45) is 0 Å². The lowest BCUT2D eigenvalue weighted by Gasteiger charge is -2.23. The maximum atomic E-state index is 5.45. The van der Waals surface area contributed by atoms with Crippen LogP contribution in [0, 0.1) is 0 Å². The standard InChI is InChI=1S/C19H20N4O2/c1-24-16-5-2-14(3-6-16)4-7-17-18-19(21-12-20-17)23(13-22-18)15-8-10-25-11-9-15/h2-7,12-13,15H,8-11H2,1H3/b7-4+. The highest BCUT2D eigenvalue weighted by atomic mass is 16.5. The summed E-state index contributed by atoms with van der Waals surface area (Å²) in [6.45, 7) is 1.58. The minimum Gasteiger partial charge on any atom is -0.497 e. The maximum Gasteiger partial charge on any atom is 0.164 e. The number of benzene rings is 1. The molecule has 0 spiro atoms. The molecule has 1 aromatic carbocycles. The minimum absolute atomic E-state index is 0.395. The van der Waals surface area contributed by atoms with Crippen molar-refractivity contribution < 1.29 is 9.47 Å². The van der Waals surface area contributed by atoms with Crippen molar-refractivity contribution in [1.82, 2.24) is 19.5 Å². The van der Waals surface area contributed by atoms with Crippen LogP contribution < -0.4 is 4.74 Å². The molecule has 1 aliphatic rings. The van der Waals surface area contributed by atoms with Gasteiger partial charge in [0.2, 0.25) is 0 Å². The van der Waals surface area contributed by atoms with E-state index in [2.05, 4.69) is 19.5 Å². The SMILES string of the molecule is COc1ccc(/C=C/c2ncnc3c2ncn3C2CCOCC2)cc1. The lowest BCUT2D eigenvalue weighted by molar-refractivity contribution is 0.0704. The number of nitrogens with zero attached hydrogens (tertiary/aromatic N) is 4. The fraction of sp³-hybridized carbons (Fsp3) is 0.316. The van der Waals surface area contributed by atoms with Crippen LogP contribution in [0.1, 0.15) is 30.1 Å². The molecule has 6 nitrogen and oxygen atoms in total. The first-order valence-electron chi connectivity index (χ1n) is 8.42. The molecule has 0 aliphatic carbocycles. The summed E-state index contributed by atoms with van der Waals surface area (Å²) in [7, 11) is 1.66. The molecule has 0 unspecified atom stereocenters. The van der Waals surface area contributed by atoms with Gasteiger partial charge in [-0.05, 0) is 36.6 Å². The first kappa shape index (κ1) is 15.8. The highest BCUT2D eigenvalue weighted by molar-refractivity contribution is 5.84. The van der Waals surface area contributed by atoms with Crippen LogP contribution in [0.4, 0.5) is 0 Å². The molecule has 0 atom stereocenters. The van der Waals surface area contributed by atoms with Gasteiger partial charge in [-0.15, -0.1) is 0 Å². The zero-order valence-electron chi connectivity index (χ0n) is 14.1.